The average Bonchev–Trinajstić information content (AvgIpc) is 3.17. The summed E-state index contributed by atoms with van der Waals surface area (Å²) in [6.45, 7) is 6.70. The Balaban J connectivity index is 1.51. The van der Waals surface area contributed by atoms with Gasteiger partial charge in [0.15, 0.2) is 5.78 Å². The maximum absolute atomic E-state index is 12.0. The third-order valence-electron chi connectivity index (χ3n) is 8.96. The van der Waals surface area contributed by atoms with E-state index < -0.39 is 0 Å². The number of hydrogen-bond donors (Lipinski definition) is 0. The monoisotopic (exact) mass is 354 g/mol. The van der Waals surface area contributed by atoms with Crippen molar-refractivity contribution in [3.63, 3.8) is 0 Å². The molecule has 0 bridgehead atoms. The van der Waals surface area contributed by atoms with Gasteiger partial charge in [-0.1, -0.05) is 19.1 Å². The van der Waals surface area contributed by atoms with Gasteiger partial charge in [-0.3, -0.25) is 9.59 Å². The standard InChI is InChI=1S/C23H30O3/c1-3-22-9-6-17-16-5-4-15(24)13-18(16)14(2)12-19(17)20(22)7-10-23(22)11-8-21(25)26-23/h13,16-17,19-20H,2-12H2,1H3/t16-,17?,19?,20?,22+,23-/m1/s1. The molecule has 4 fully saturated rings. The summed E-state index contributed by atoms with van der Waals surface area (Å²) in [4.78, 5) is 24.0. The molecule has 0 amide bonds. The molecule has 140 valence electrons. The Morgan fingerprint density at radius 3 is 2.69 bits per heavy atom. The van der Waals surface area contributed by atoms with Crippen LogP contribution in [0.4, 0.5) is 0 Å². The van der Waals surface area contributed by atoms with E-state index in [9.17, 15) is 9.59 Å². The van der Waals surface area contributed by atoms with Crippen molar-refractivity contribution in [1.82, 2.24) is 0 Å². The number of hydrogen-bond acceptors (Lipinski definition) is 3. The van der Waals surface area contributed by atoms with Gasteiger partial charge in [0.25, 0.3) is 0 Å². The minimum atomic E-state index is -0.186. The molecule has 0 aromatic rings. The van der Waals surface area contributed by atoms with E-state index >= 15 is 0 Å². The second-order valence-electron chi connectivity index (χ2n) is 9.51. The van der Waals surface area contributed by atoms with E-state index in [0.717, 1.165) is 32.1 Å². The number of ketones is 1. The smallest absolute Gasteiger partial charge is 0.306 e. The zero-order chi connectivity index (χ0) is 18.1. The average molecular weight is 354 g/mol. The lowest BCUT2D eigenvalue weighted by atomic mass is 9.48. The molecule has 26 heavy (non-hydrogen) atoms. The van der Waals surface area contributed by atoms with Crippen LogP contribution in [-0.2, 0) is 14.3 Å². The summed E-state index contributed by atoms with van der Waals surface area (Å²) < 4.78 is 6.08. The molecule has 1 heterocycles. The predicted octanol–water partition coefficient (Wildman–Crippen LogP) is 4.76. The van der Waals surface area contributed by atoms with Crippen LogP contribution in [0.3, 0.4) is 0 Å². The van der Waals surface area contributed by atoms with E-state index in [-0.39, 0.29) is 22.8 Å². The zero-order valence-electron chi connectivity index (χ0n) is 15.9. The summed E-state index contributed by atoms with van der Waals surface area (Å²) in [6.07, 6.45) is 12.0. The number of rotatable bonds is 1. The van der Waals surface area contributed by atoms with Gasteiger partial charge in [0.1, 0.15) is 5.60 Å². The zero-order valence-corrected chi connectivity index (χ0v) is 15.9. The molecule has 3 nitrogen and oxygen atoms in total. The first-order chi connectivity index (χ1) is 12.5. The predicted molar refractivity (Wildman–Crippen MR) is 99.3 cm³/mol. The Morgan fingerprint density at radius 2 is 1.96 bits per heavy atom. The van der Waals surface area contributed by atoms with E-state index in [1.807, 2.05) is 6.08 Å². The number of ether oxygens (including phenoxy) is 1. The van der Waals surface area contributed by atoms with Crippen molar-refractivity contribution in [2.45, 2.75) is 76.7 Å². The molecule has 0 N–H and O–H groups in total. The number of carbonyl (C=O) groups is 2. The maximum Gasteiger partial charge on any atom is 0.306 e. The molecule has 3 unspecified atom stereocenters. The Bertz CT molecular complexity index is 719. The summed E-state index contributed by atoms with van der Waals surface area (Å²) >= 11 is 0. The molecule has 1 spiro atoms. The third-order valence-corrected chi connectivity index (χ3v) is 8.96. The molecule has 3 saturated carbocycles. The molecule has 6 atom stereocenters. The van der Waals surface area contributed by atoms with Gasteiger partial charge >= 0.3 is 5.97 Å². The third kappa shape index (κ3) is 2.00. The Kier molecular flexibility index (Phi) is 3.59. The minimum Gasteiger partial charge on any atom is -0.458 e. The van der Waals surface area contributed by atoms with Gasteiger partial charge in [0.2, 0.25) is 0 Å². The van der Waals surface area contributed by atoms with Crippen LogP contribution in [0.25, 0.3) is 0 Å². The topological polar surface area (TPSA) is 43.4 Å². The lowest BCUT2D eigenvalue weighted by molar-refractivity contribution is -0.169. The van der Waals surface area contributed by atoms with E-state index in [0.29, 0.717) is 36.5 Å². The summed E-state index contributed by atoms with van der Waals surface area (Å²) in [6, 6.07) is 0. The van der Waals surface area contributed by atoms with E-state index in [1.165, 1.54) is 30.4 Å². The highest BCUT2D eigenvalue weighted by Gasteiger charge is 2.67. The highest BCUT2D eigenvalue weighted by Crippen LogP contribution is 2.69. The number of esters is 1. The maximum atomic E-state index is 12.0. The number of carbonyl (C=O) groups excluding carboxylic acids is 2. The molecule has 0 aromatic carbocycles. The van der Waals surface area contributed by atoms with Gasteiger partial charge in [0.05, 0.1) is 0 Å². The minimum absolute atomic E-state index is 0.0182. The van der Waals surface area contributed by atoms with Gasteiger partial charge in [-0.15, -0.1) is 0 Å². The molecule has 4 aliphatic carbocycles. The first kappa shape index (κ1) is 16.8. The molecule has 3 heteroatoms. The van der Waals surface area contributed by atoms with Gasteiger partial charge in [-0.2, -0.15) is 0 Å². The quantitative estimate of drug-likeness (QED) is 0.638. The number of fused-ring (bicyclic) bond motifs is 6. The second-order valence-corrected chi connectivity index (χ2v) is 9.51. The first-order valence-corrected chi connectivity index (χ1v) is 10.6. The van der Waals surface area contributed by atoms with Crippen LogP contribution in [0.15, 0.2) is 23.8 Å². The molecular formula is C23H30O3. The van der Waals surface area contributed by atoms with Gasteiger partial charge < -0.3 is 4.74 Å². The van der Waals surface area contributed by atoms with E-state index in [1.54, 1.807) is 0 Å². The van der Waals surface area contributed by atoms with Gasteiger partial charge in [0, 0.05) is 18.3 Å². The van der Waals surface area contributed by atoms with Crippen molar-refractivity contribution in [2.75, 3.05) is 0 Å². The van der Waals surface area contributed by atoms with Crippen LogP contribution in [-0.4, -0.2) is 17.4 Å². The molecule has 1 aliphatic heterocycles. The molecule has 0 radical (unpaired) electrons. The SMILES string of the molecule is C=C1CC2C(CC[C@@]3(CC)C2CC[C@@]32CCC(=O)O2)[C@H]2CCC(=O)C=C12. The van der Waals surface area contributed by atoms with Crippen LogP contribution in [0.1, 0.15) is 71.1 Å². The highest BCUT2D eigenvalue weighted by atomic mass is 16.6. The lowest BCUT2D eigenvalue weighted by Crippen LogP contribution is -2.54. The molecule has 5 rings (SSSR count). The molecule has 5 aliphatic rings. The van der Waals surface area contributed by atoms with Crippen molar-refractivity contribution >= 4 is 11.8 Å². The van der Waals surface area contributed by atoms with Gasteiger partial charge in [-0.25, -0.2) is 0 Å². The highest BCUT2D eigenvalue weighted by molar-refractivity contribution is 5.92. The molecule has 1 saturated heterocycles. The summed E-state index contributed by atoms with van der Waals surface area (Å²) in [5.74, 6) is 2.84. The summed E-state index contributed by atoms with van der Waals surface area (Å²) in [7, 11) is 0. The summed E-state index contributed by atoms with van der Waals surface area (Å²) in [5.41, 5.74) is 2.47. The Morgan fingerprint density at radius 1 is 1.12 bits per heavy atom. The lowest BCUT2D eigenvalue weighted by Gasteiger charge is -2.57. The van der Waals surface area contributed by atoms with E-state index in [4.69, 9.17) is 4.74 Å². The van der Waals surface area contributed by atoms with E-state index in [2.05, 4.69) is 13.5 Å². The fraction of sp³-hybridized carbons (Fsp3) is 0.739. The first-order valence-electron chi connectivity index (χ1n) is 10.6. The van der Waals surface area contributed by atoms with Crippen LogP contribution < -0.4 is 0 Å². The van der Waals surface area contributed by atoms with Crippen molar-refractivity contribution in [3.05, 3.63) is 23.8 Å². The van der Waals surface area contributed by atoms with Crippen molar-refractivity contribution < 1.29 is 14.3 Å². The van der Waals surface area contributed by atoms with Crippen molar-refractivity contribution in [1.29, 1.82) is 0 Å². The van der Waals surface area contributed by atoms with Crippen molar-refractivity contribution in [2.24, 2.45) is 29.1 Å². The van der Waals surface area contributed by atoms with Crippen LogP contribution in [0, 0.1) is 29.1 Å². The van der Waals surface area contributed by atoms with Crippen LogP contribution in [0.5, 0.6) is 0 Å². The number of allylic oxidation sites excluding steroid dienone is 2. The van der Waals surface area contributed by atoms with Gasteiger partial charge in [-0.05, 0) is 86.7 Å². The fourth-order valence-electron chi connectivity index (χ4n) is 7.95. The van der Waals surface area contributed by atoms with Crippen LogP contribution >= 0.6 is 0 Å². The summed E-state index contributed by atoms with van der Waals surface area (Å²) in [5, 5.41) is 0. The normalized spacial score (nSPS) is 47.3. The Labute approximate surface area is 156 Å². The molecular weight excluding hydrogens is 324 g/mol. The van der Waals surface area contributed by atoms with Crippen LogP contribution in [0.2, 0.25) is 0 Å². The fourth-order valence-corrected chi connectivity index (χ4v) is 7.95. The van der Waals surface area contributed by atoms with Crippen molar-refractivity contribution in [3.8, 4) is 0 Å². The second kappa shape index (κ2) is 5.56. The largest absolute Gasteiger partial charge is 0.458 e. The molecule has 0 aromatic heterocycles. The Hall–Kier alpha value is -1.38.